The predicted molar refractivity (Wildman–Crippen MR) is 78.3 cm³/mol. The molecule has 108 valence electrons. The molecule has 0 aliphatic heterocycles. The first-order chi connectivity index (χ1) is 10.0. The molecule has 21 heavy (non-hydrogen) atoms. The molecule has 6 nitrogen and oxygen atoms in total. The van der Waals surface area contributed by atoms with Gasteiger partial charge in [-0.05, 0) is 13.8 Å². The van der Waals surface area contributed by atoms with Gasteiger partial charge in [0.2, 0.25) is 5.89 Å². The Morgan fingerprint density at radius 1 is 1.24 bits per heavy atom. The van der Waals surface area contributed by atoms with Crippen molar-refractivity contribution < 1.29 is 4.42 Å². The summed E-state index contributed by atoms with van der Waals surface area (Å²) in [5, 5.41) is 8.11. The molecule has 0 spiro atoms. The SMILES string of the molecule is CC(C)(N)c1cn(Cc2ncc(-c3ccccc3)o2)nn1. The summed E-state index contributed by atoms with van der Waals surface area (Å²) in [6.07, 6.45) is 3.53. The number of hydrogen-bond acceptors (Lipinski definition) is 5. The monoisotopic (exact) mass is 283 g/mol. The molecule has 0 saturated heterocycles. The zero-order valence-electron chi connectivity index (χ0n) is 12.0. The van der Waals surface area contributed by atoms with Crippen LogP contribution in [-0.4, -0.2) is 20.0 Å². The maximum atomic E-state index is 5.99. The van der Waals surface area contributed by atoms with Gasteiger partial charge in [-0.15, -0.1) is 5.10 Å². The highest BCUT2D eigenvalue weighted by Crippen LogP contribution is 2.20. The van der Waals surface area contributed by atoms with Gasteiger partial charge in [0.25, 0.3) is 0 Å². The number of hydrogen-bond donors (Lipinski definition) is 1. The lowest BCUT2D eigenvalue weighted by Gasteiger charge is -2.13. The molecule has 6 heteroatoms. The fourth-order valence-electron chi connectivity index (χ4n) is 1.93. The number of rotatable bonds is 4. The summed E-state index contributed by atoms with van der Waals surface area (Å²) >= 11 is 0. The smallest absolute Gasteiger partial charge is 0.216 e. The topological polar surface area (TPSA) is 82.8 Å². The molecule has 3 rings (SSSR count). The molecule has 0 aliphatic rings. The Morgan fingerprint density at radius 3 is 2.67 bits per heavy atom. The molecule has 1 aromatic carbocycles. The summed E-state index contributed by atoms with van der Waals surface area (Å²) < 4.78 is 7.41. The van der Waals surface area contributed by atoms with E-state index in [2.05, 4.69) is 15.3 Å². The second-order valence-corrected chi connectivity index (χ2v) is 5.51. The third kappa shape index (κ3) is 3.00. The van der Waals surface area contributed by atoms with Crippen molar-refractivity contribution >= 4 is 0 Å². The molecule has 2 N–H and O–H groups in total. The van der Waals surface area contributed by atoms with Gasteiger partial charge in [-0.1, -0.05) is 35.5 Å². The van der Waals surface area contributed by atoms with Crippen molar-refractivity contribution in [3.05, 3.63) is 54.3 Å². The van der Waals surface area contributed by atoms with Crippen molar-refractivity contribution in [1.29, 1.82) is 0 Å². The Morgan fingerprint density at radius 2 is 2.00 bits per heavy atom. The van der Waals surface area contributed by atoms with Crippen molar-refractivity contribution in [3.63, 3.8) is 0 Å². The van der Waals surface area contributed by atoms with Crippen molar-refractivity contribution in [3.8, 4) is 11.3 Å². The van der Waals surface area contributed by atoms with Gasteiger partial charge in [-0.25, -0.2) is 9.67 Å². The van der Waals surface area contributed by atoms with E-state index < -0.39 is 5.54 Å². The average Bonchev–Trinajstić information content (AvgIpc) is 3.09. The van der Waals surface area contributed by atoms with E-state index in [9.17, 15) is 0 Å². The number of benzene rings is 1. The predicted octanol–water partition coefficient (Wildman–Crippen LogP) is 2.18. The Bertz CT molecular complexity index is 724. The van der Waals surface area contributed by atoms with Crippen molar-refractivity contribution in [1.82, 2.24) is 20.0 Å². The van der Waals surface area contributed by atoms with Gasteiger partial charge in [-0.2, -0.15) is 0 Å². The molecule has 0 unspecified atom stereocenters. The molecule has 0 atom stereocenters. The van der Waals surface area contributed by atoms with Crippen LogP contribution < -0.4 is 5.73 Å². The molecule has 0 fully saturated rings. The second kappa shape index (κ2) is 5.14. The first kappa shape index (κ1) is 13.5. The van der Waals surface area contributed by atoms with E-state index in [1.54, 1.807) is 10.9 Å². The highest BCUT2D eigenvalue weighted by molar-refractivity contribution is 5.55. The van der Waals surface area contributed by atoms with Crippen LogP contribution in [0.4, 0.5) is 0 Å². The molecule has 3 aromatic rings. The van der Waals surface area contributed by atoms with E-state index >= 15 is 0 Å². The molecular weight excluding hydrogens is 266 g/mol. The summed E-state index contributed by atoms with van der Waals surface area (Å²) in [4.78, 5) is 4.27. The molecule has 2 aromatic heterocycles. The molecule has 0 aliphatic carbocycles. The Labute approximate surface area is 122 Å². The zero-order valence-corrected chi connectivity index (χ0v) is 12.0. The highest BCUT2D eigenvalue weighted by Gasteiger charge is 2.18. The van der Waals surface area contributed by atoms with Crippen LogP contribution in [0.2, 0.25) is 0 Å². The Balaban J connectivity index is 1.77. The first-order valence-electron chi connectivity index (χ1n) is 6.72. The van der Waals surface area contributed by atoms with Crippen molar-refractivity contribution in [2.24, 2.45) is 5.73 Å². The minimum Gasteiger partial charge on any atom is -0.439 e. The van der Waals surface area contributed by atoms with Crippen LogP contribution >= 0.6 is 0 Å². The molecular formula is C15H17N5O. The zero-order chi connectivity index (χ0) is 14.9. The third-order valence-electron chi connectivity index (χ3n) is 3.11. The maximum Gasteiger partial charge on any atom is 0.216 e. The van der Waals surface area contributed by atoms with Crippen molar-refractivity contribution in [2.75, 3.05) is 0 Å². The number of nitrogens with two attached hydrogens (primary N) is 1. The molecule has 0 amide bonds. The van der Waals surface area contributed by atoms with Crippen LogP contribution in [0, 0.1) is 0 Å². The van der Waals surface area contributed by atoms with Gasteiger partial charge in [0.1, 0.15) is 12.2 Å². The highest BCUT2D eigenvalue weighted by atomic mass is 16.4. The number of oxazole rings is 1. The maximum absolute atomic E-state index is 5.99. The molecule has 0 bridgehead atoms. The minimum absolute atomic E-state index is 0.427. The largest absolute Gasteiger partial charge is 0.439 e. The lowest BCUT2D eigenvalue weighted by Crippen LogP contribution is -2.29. The lowest BCUT2D eigenvalue weighted by atomic mass is 10.0. The van der Waals surface area contributed by atoms with Crippen LogP contribution in [0.3, 0.4) is 0 Å². The van der Waals surface area contributed by atoms with Gasteiger partial charge >= 0.3 is 0 Å². The van der Waals surface area contributed by atoms with Crippen LogP contribution in [0.25, 0.3) is 11.3 Å². The molecule has 0 radical (unpaired) electrons. The standard InChI is InChI=1S/C15H17N5O/c1-15(2,16)13-9-20(19-18-13)10-14-17-8-12(21-14)11-6-4-3-5-7-11/h3-9H,10,16H2,1-2H3. The van der Waals surface area contributed by atoms with Gasteiger partial charge in [0, 0.05) is 5.56 Å². The molecule has 2 heterocycles. The fraction of sp³-hybridized carbons (Fsp3) is 0.267. The normalized spacial score (nSPS) is 11.8. The summed E-state index contributed by atoms with van der Waals surface area (Å²) in [6.45, 7) is 4.20. The van der Waals surface area contributed by atoms with Crippen molar-refractivity contribution in [2.45, 2.75) is 25.9 Å². The van der Waals surface area contributed by atoms with Crippen LogP contribution in [0.15, 0.2) is 47.1 Å². The van der Waals surface area contributed by atoms with E-state index in [-0.39, 0.29) is 0 Å². The summed E-state index contributed by atoms with van der Waals surface area (Å²) in [6, 6.07) is 9.85. The van der Waals surface area contributed by atoms with Gasteiger partial charge in [-0.3, -0.25) is 0 Å². The quantitative estimate of drug-likeness (QED) is 0.793. The van der Waals surface area contributed by atoms with E-state index in [0.29, 0.717) is 12.4 Å². The summed E-state index contributed by atoms with van der Waals surface area (Å²) in [7, 11) is 0. The van der Waals surface area contributed by atoms with E-state index in [4.69, 9.17) is 10.2 Å². The van der Waals surface area contributed by atoms with E-state index in [1.165, 1.54) is 0 Å². The van der Waals surface area contributed by atoms with Crippen LogP contribution in [0.1, 0.15) is 25.4 Å². The van der Waals surface area contributed by atoms with E-state index in [0.717, 1.165) is 17.0 Å². The van der Waals surface area contributed by atoms with Gasteiger partial charge < -0.3 is 10.2 Å². The molecule has 0 saturated carbocycles. The summed E-state index contributed by atoms with van der Waals surface area (Å²) in [5.74, 6) is 1.32. The fourth-order valence-corrected chi connectivity index (χ4v) is 1.93. The van der Waals surface area contributed by atoms with Gasteiger partial charge in [0.05, 0.1) is 17.9 Å². The van der Waals surface area contributed by atoms with E-state index in [1.807, 2.05) is 50.4 Å². The van der Waals surface area contributed by atoms with Gasteiger partial charge in [0.15, 0.2) is 5.76 Å². The lowest BCUT2D eigenvalue weighted by molar-refractivity contribution is 0.469. The second-order valence-electron chi connectivity index (χ2n) is 5.51. The Kier molecular flexibility index (Phi) is 3.31. The van der Waals surface area contributed by atoms with Crippen LogP contribution in [0.5, 0.6) is 0 Å². The first-order valence-corrected chi connectivity index (χ1v) is 6.72. The third-order valence-corrected chi connectivity index (χ3v) is 3.11. The number of aromatic nitrogens is 4. The van der Waals surface area contributed by atoms with Crippen LogP contribution in [-0.2, 0) is 12.1 Å². The Hall–Kier alpha value is -2.47. The average molecular weight is 283 g/mol. The summed E-state index contributed by atoms with van der Waals surface area (Å²) in [5.41, 5.74) is 7.21. The minimum atomic E-state index is -0.510. The number of nitrogens with zero attached hydrogens (tertiary/aromatic N) is 4.